The summed E-state index contributed by atoms with van der Waals surface area (Å²) in [7, 11) is 1.65. The van der Waals surface area contributed by atoms with E-state index >= 15 is 0 Å². The first-order chi connectivity index (χ1) is 11.9. The van der Waals surface area contributed by atoms with Crippen LogP contribution in [0.5, 0.6) is 0 Å². The van der Waals surface area contributed by atoms with Crippen LogP contribution in [0.15, 0.2) is 36.5 Å². The van der Waals surface area contributed by atoms with E-state index in [1.807, 2.05) is 6.92 Å². The molecule has 1 aromatic heterocycles. The normalized spacial score (nSPS) is 10.4. The summed E-state index contributed by atoms with van der Waals surface area (Å²) >= 11 is 0. The van der Waals surface area contributed by atoms with Crippen molar-refractivity contribution in [3.63, 3.8) is 0 Å². The summed E-state index contributed by atoms with van der Waals surface area (Å²) in [4.78, 5) is 30.0. The SMILES string of the molecule is CCCCN(C)C(=O)c1cc(C(=O)Nc2c(F)cccc2F)ccn1. The average molecular weight is 347 g/mol. The van der Waals surface area contributed by atoms with Crippen LogP contribution in [0.3, 0.4) is 0 Å². The Kier molecular flexibility index (Phi) is 6.16. The second-order valence-electron chi connectivity index (χ2n) is 5.56. The molecule has 0 saturated heterocycles. The number of para-hydroxylation sites is 1. The minimum atomic E-state index is -0.877. The van der Waals surface area contributed by atoms with Crippen LogP contribution in [0.2, 0.25) is 0 Å². The minimum absolute atomic E-state index is 0.0879. The van der Waals surface area contributed by atoms with Gasteiger partial charge in [-0.2, -0.15) is 0 Å². The summed E-state index contributed by atoms with van der Waals surface area (Å²) in [5, 5.41) is 2.18. The van der Waals surface area contributed by atoms with Gasteiger partial charge < -0.3 is 10.2 Å². The Labute approximate surface area is 144 Å². The number of halogens is 2. The van der Waals surface area contributed by atoms with Crippen molar-refractivity contribution in [1.82, 2.24) is 9.88 Å². The highest BCUT2D eigenvalue weighted by Gasteiger charge is 2.17. The Balaban J connectivity index is 2.18. The van der Waals surface area contributed by atoms with Crippen LogP contribution in [0.1, 0.15) is 40.6 Å². The first-order valence-electron chi connectivity index (χ1n) is 7.91. The van der Waals surface area contributed by atoms with E-state index in [4.69, 9.17) is 0 Å². The quantitative estimate of drug-likeness (QED) is 0.870. The Morgan fingerprint density at radius 3 is 2.52 bits per heavy atom. The van der Waals surface area contributed by atoms with Gasteiger partial charge in [-0.1, -0.05) is 19.4 Å². The fourth-order valence-corrected chi connectivity index (χ4v) is 2.18. The smallest absolute Gasteiger partial charge is 0.272 e. The molecule has 0 unspecified atom stereocenters. The molecule has 2 amide bonds. The molecule has 0 spiro atoms. The van der Waals surface area contributed by atoms with Crippen molar-refractivity contribution in [2.45, 2.75) is 19.8 Å². The zero-order chi connectivity index (χ0) is 18.4. The Morgan fingerprint density at radius 2 is 1.88 bits per heavy atom. The Hall–Kier alpha value is -2.83. The zero-order valence-electron chi connectivity index (χ0n) is 14.1. The van der Waals surface area contributed by atoms with E-state index in [0.717, 1.165) is 25.0 Å². The molecule has 2 rings (SSSR count). The van der Waals surface area contributed by atoms with Crippen LogP contribution in [-0.2, 0) is 0 Å². The molecule has 1 aromatic carbocycles. The minimum Gasteiger partial charge on any atom is -0.340 e. The van der Waals surface area contributed by atoms with Gasteiger partial charge >= 0.3 is 0 Å². The maximum absolute atomic E-state index is 13.6. The number of pyridine rings is 1. The highest BCUT2D eigenvalue weighted by Crippen LogP contribution is 2.19. The van der Waals surface area contributed by atoms with Gasteiger partial charge in [0.2, 0.25) is 0 Å². The van der Waals surface area contributed by atoms with Crippen molar-refractivity contribution in [1.29, 1.82) is 0 Å². The first kappa shape index (κ1) is 18.5. The van der Waals surface area contributed by atoms with E-state index < -0.39 is 23.2 Å². The summed E-state index contributed by atoms with van der Waals surface area (Å²) in [5.41, 5.74) is -0.345. The van der Waals surface area contributed by atoms with E-state index in [2.05, 4.69) is 10.3 Å². The van der Waals surface area contributed by atoms with E-state index in [1.165, 1.54) is 29.3 Å². The molecule has 0 aliphatic carbocycles. The molecule has 0 bridgehead atoms. The number of carbonyl (C=O) groups excluding carboxylic acids is 2. The molecule has 7 heteroatoms. The van der Waals surface area contributed by atoms with E-state index in [1.54, 1.807) is 7.05 Å². The van der Waals surface area contributed by atoms with Gasteiger partial charge in [0.25, 0.3) is 11.8 Å². The Bertz CT molecular complexity index is 760. The number of amides is 2. The van der Waals surface area contributed by atoms with Crippen molar-refractivity contribution >= 4 is 17.5 Å². The van der Waals surface area contributed by atoms with Crippen LogP contribution < -0.4 is 5.32 Å². The van der Waals surface area contributed by atoms with Crippen molar-refractivity contribution < 1.29 is 18.4 Å². The van der Waals surface area contributed by atoms with Crippen LogP contribution in [0.25, 0.3) is 0 Å². The number of benzene rings is 1. The van der Waals surface area contributed by atoms with E-state index in [0.29, 0.717) is 6.54 Å². The predicted octanol–water partition coefficient (Wildman–Crippen LogP) is 3.48. The topological polar surface area (TPSA) is 62.3 Å². The van der Waals surface area contributed by atoms with Gasteiger partial charge in [-0.15, -0.1) is 0 Å². The lowest BCUT2D eigenvalue weighted by Crippen LogP contribution is -2.28. The fraction of sp³-hybridized carbons (Fsp3) is 0.278. The average Bonchev–Trinajstić information content (AvgIpc) is 2.62. The number of unbranched alkanes of at least 4 members (excludes halogenated alkanes) is 1. The molecule has 1 heterocycles. The molecule has 0 radical (unpaired) electrons. The van der Waals surface area contributed by atoms with Gasteiger partial charge in [0, 0.05) is 25.4 Å². The number of nitrogens with one attached hydrogen (secondary N) is 1. The lowest BCUT2D eigenvalue weighted by atomic mass is 10.2. The van der Waals surface area contributed by atoms with Gasteiger partial charge in [0.05, 0.1) is 0 Å². The number of aromatic nitrogens is 1. The number of hydrogen-bond acceptors (Lipinski definition) is 3. The third-order valence-electron chi connectivity index (χ3n) is 3.64. The molecule has 5 nitrogen and oxygen atoms in total. The van der Waals surface area contributed by atoms with Crippen LogP contribution in [0, 0.1) is 11.6 Å². The fourth-order valence-electron chi connectivity index (χ4n) is 2.18. The van der Waals surface area contributed by atoms with E-state index in [-0.39, 0.29) is 17.2 Å². The molecular weight excluding hydrogens is 328 g/mol. The molecular formula is C18H19F2N3O2. The molecule has 25 heavy (non-hydrogen) atoms. The maximum atomic E-state index is 13.6. The number of rotatable bonds is 6. The number of hydrogen-bond donors (Lipinski definition) is 1. The van der Waals surface area contributed by atoms with Gasteiger partial charge in [-0.05, 0) is 30.7 Å². The van der Waals surface area contributed by atoms with Crippen LogP contribution in [-0.4, -0.2) is 35.3 Å². The largest absolute Gasteiger partial charge is 0.340 e. The van der Waals surface area contributed by atoms with Crippen LogP contribution in [0.4, 0.5) is 14.5 Å². The highest BCUT2D eigenvalue weighted by atomic mass is 19.1. The van der Waals surface area contributed by atoms with Crippen molar-refractivity contribution in [2.75, 3.05) is 18.9 Å². The number of anilines is 1. The molecule has 0 aliphatic rings. The second-order valence-corrected chi connectivity index (χ2v) is 5.56. The Morgan fingerprint density at radius 1 is 1.20 bits per heavy atom. The maximum Gasteiger partial charge on any atom is 0.272 e. The van der Waals surface area contributed by atoms with Crippen LogP contribution >= 0.6 is 0 Å². The molecule has 0 aliphatic heterocycles. The molecule has 0 fully saturated rings. The monoisotopic (exact) mass is 347 g/mol. The predicted molar refractivity (Wildman–Crippen MR) is 90.4 cm³/mol. The lowest BCUT2D eigenvalue weighted by molar-refractivity contribution is 0.0787. The summed E-state index contributed by atoms with van der Waals surface area (Å²) in [6.45, 7) is 2.59. The molecule has 0 saturated carbocycles. The van der Waals surface area contributed by atoms with Crippen molar-refractivity contribution in [3.8, 4) is 0 Å². The van der Waals surface area contributed by atoms with Crippen molar-refractivity contribution in [3.05, 3.63) is 59.4 Å². The van der Waals surface area contributed by atoms with Gasteiger partial charge in [-0.25, -0.2) is 8.78 Å². The van der Waals surface area contributed by atoms with Crippen molar-refractivity contribution in [2.24, 2.45) is 0 Å². The zero-order valence-corrected chi connectivity index (χ0v) is 14.1. The number of nitrogens with zero attached hydrogens (tertiary/aromatic N) is 2. The third kappa shape index (κ3) is 4.59. The summed E-state index contributed by atoms with van der Waals surface area (Å²) in [6, 6.07) is 5.97. The first-order valence-corrected chi connectivity index (χ1v) is 7.91. The summed E-state index contributed by atoms with van der Waals surface area (Å²) < 4.78 is 27.3. The molecule has 1 N–H and O–H groups in total. The summed E-state index contributed by atoms with van der Waals surface area (Å²) in [6.07, 6.45) is 3.12. The molecule has 132 valence electrons. The van der Waals surface area contributed by atoms with Gasteiger partial charge in [0.15, 0.2) is 0 Å². The highest BCUT2D eigenvalue weighted by molar-refractivity contribution is 6.05. The third-order valence-corrected chi connectivity index (χ3v) is 3.64. The second kappa shape index (κ2) is 8.32. The van der Waals surface area contributed by atoms with Gasteiger partial charge in [-0.3, -0.25) is 14.6 Å². The number of carbonyl (C=O) groups is 2. The van der Waals surface area contributed by atoms with Gasteiger partial charge in [0.1, 0.15) is 23.0 Å². The lowest BCUT2D eigenvalue weighted by Gasteiger charge is -2.16. The van der Waals surface area contributed by atoms with E-state index in [9.17, 15) is 18.4 Å². The summed E-state index contributed by atoms with van der Waals surface area (Å²) in [5.74, 6) is -2.80. The molecule has 0 atom stereocenters. The molecule has 2 aromatic rings. The standard InChI is InChI=1S/C18H19F2N3O2/c1-3-4-10-23(2)18(25)15-11-12(8-9-21-15)17(24)22-16-13(19)6-5-7-14(16)20/h5-9,11H,3-4,10H2,1-2H3,(H,22,24).